The molecule has 0 atom stereocenters. The lowest BCUT2D eigenvalue weighted by molar-refractivity contribution is 0.280. The molecule has 0 heterocycles. The predicted octanol–water partition coefficient (Wildman–Crippen LogP) is -0.205. The van der Waals surface area contributed by atoms with Crippen LogP contribution in [-0.2, 0) is 13.6 Å². The van der Waals surface area contributed by atoms with Gasteiger partial charge in [-0.3, -0.25) is 4.57 Å². The lowest BCUT2D eigenvalue weighted by atomic mass is 11.8. The van der Waals surface area contributed by atoms with Crippen LogP contribution in [0.25, 0.3) is 0 Å². The van der Waals surface area contributed by atoms with Crippen molar-refractivity contribution in [1.82, 2.24) is 0 Å². The number of hydrogen-bond acceptors (Lipinski definition) is 3. The van der Waals surface area contributed by atoms with Crippen LogP contribution >= 0.6 is 7.60 Å². The maximum absolute atomic E-state index is 10.9. The van der Waals surface area contributed by atoms with Gasteiger partial charge in [0.1, 0.15) is 0 Å². The minimum atomic E-state index is -2.60. The van der Waals surface area contributed by atoms with E-state index in [-0.39, 0.29) is 0 Å². The van der Waals surface area contributed by atoms with Gasteiger partial charge in [0.25, 0.3) is 0 Å². The monoisotopic (exact) mass is 154 g/mol. The molecule has 0 spiro atoms. The summed E-state index contributed by atoms with van der Waals surface area (Å²) in [6.07, 6.45) is 0. The fourth-order valence-electron chi connectivity index (χ4n) is 0.333. The van der Waals surface area contributed by atoms with Gasteiger partial charge in [-0.05, 0) is 0 Å². The van der Waals surface area contributed by atoms with Crippen molar-refractivity contribution in [3.8, 4) is 0 Å². The maximum Gasteiger partial charge on any atom is 0.326 e. The fraction of sp³-hybridized carbons (Fsp3) is 1.00. The Morgan fingerprint density at radius 1 is 1.50 bits per heavy atom. The second kappa shape index (κ2) is 3.40. The zero-order valence-electron chi connectivity index (χ0n) is 5.38. The normalized spacial score (nSPS) is 12.2. The van der Waals surface area contributed by atoms with Crippen molar-refractivity contribution < 1.29 is 13.6 Å². The van der Waals surface area contributed by atoms with Crippen LogP contribution < -0.4 is 0 Å². The summed E-state index contributed by atoms with van der Waals surface area (Å²) in [5, 5.41) is 0. The largest absolute Gasteiger partial charge is 0.326 e. The molecule has 0 radical (unpaired) electrons. The van der Waals surface area contributed by atoms with Gasteiger partial charge in [0.15, 0.2) is 0 Å². The Morgan fingerprint density at radius 2 is 1.88 bits per heavy atom. The van der Waals surface area contributed by atoms with Crippen LogP contribution in [-0.4, -0.2) is 30.2 Å². The van der Waals surface area contributed by atoms with E-state index in [1.54, 1.807) is 0 Å². The zero-order valence-corrected chi connectivity index (χ0v) is 8.27. The third kappa shape index (κ3) is 2.09. The lowest BCUT2D eigenvalue weighted by Crippen LogP contribution is -1.92. The van der Waals surface area contributed by atoms with Crippen LogP contribution in [0.1, 0.15) is 0 Å². The molecule has 3 nitrogen and oxygen atoms in total. The molecule has 0 rings (SSSR count). The van der Waals surface area contributed by atoms with Gasteiger partial charge in [-0.2, -0.15) is 0 Å². The molecule has 0 saturated heterocycles. The minimum absolute atomic E-state index is 0.569. The topological polar surface area (TPSA) is 35.5 Å². The standard InChI is InChI=1S/C3H11O3PSi/c1-5-7(4,3-8)6-2/h3H2,1-2,8H3. The first-order valence-corrected chi connectivity index (χ1v) is 5.53. The van der Waals surface area contributed by atoms with Gasteiger partial charge in [0.2, 0.25) is 0 Å². The van der Waals surface area contributed by atoms with E-state index in [2.05, 4.69) is 9.05 Å². The van der Waals surface area contributed by atoms with Gasteiger partial charge in [0.05, 0.1) is 0 Å². The summed E-state index contributed by atoms with van der Waals surface area (Å²) < 4.78 is 20.1. The van der Waals surface area contributed by atoms with E-state index in [1.807, 2.05) is 0 Å². The van der Waals surface area contributed by atoms with Gasteiger partial charge >= 0.3 is 7.60 Å². The molecule has 0 saturated carbocycles. The minimum Gasteiger partial charge on any atom is -0.312 e. The van der Waals surface area contributed by atoms with Crippen molar-refractivity contribution in [1.29, 1.82) is 0 Å². The molecule has 0 unspecified atom stereocenters. The molecular formula is C3H11O3PSi. The highest BCUT2D eigenvalue weighted by atomic mass is 31.2. The molecule has 0 N–H and O–H groups in total. The van der Waals surface area contributed by atoms with Gasteiger partial charge in [-0.1, -0.05) is 0 Å². The summed E-state index contributed by atoms with van der Waals surface area (Å²) in [5.74, 6) is 0.569. The molecule has 0 aliphatic heterocycles. The van der Waals surface area contributed by atoms with E-state index < -0.39 is 7.60 Å². The van der Waals surface area contributed by atoms with E-state index in [4.69, 9.17) is 0 Å². The first-order chi connectivity index (χ1) is 3.68. The molecule has 0 fully saturated rings. The highest BCUT2D eigenvalue weighted by molar-refractivity contribution is 7.55. The Morgan fingerprint density at radius 3 is 1.88 bits per heavy atom. The second-order valence-corrected chi connectivity index (χ2v) is 5.77. The average Bonchev–Trinajstić information content (AvgIpc) is 1.87. The SMILES string of the molecule is COP(=O)(C[SiH3])OC. The van der Waals surface area contributed by atoms with E-state index in [0.29, 0.717) is 5.79 Å². The molecule has 8 heavy (non-hydrogen) atoms. The highest BCUT2D eigenvalue weighted by Gasteiger charge is 2.15. The zero-order chi connectivity index (χ0) is 6.62. The molecule has 50 valence electrons. The molecule has 5 heteroatoms. The Kier molecular flexibility index (Phi) is 3.56. The van der Waals surface area contributed by atoms with E-state index in [9.17, 15) is 4.57 Å². The van der Waals surface area contributed by atoms with Crippen molar-refractivity contribution in [2.45, 2.75) is 0 Å². The van der Waals surface area contributed by atoms with Crippen LogP contribution in [0, 0.1) is 0 Å². The Hall–Kier alpha value is 0.367. The number of rotatable bonds is 3. The van der Waals surface area contributed by atoms with Crippen molar-refractivity contribution >= 4 is 17.8 Å². The molecule has 0 bridgehead atoms. The van der Waals surface area contributed by atoms with E-state index >= 15 is 0 Å². The third-order valence-corrected chi connectivity index (χ3v) is 5.15. The van der Waals surface area contributed by atoms with E-state index in [1.165, 1.54) is 14.2 Å². The van der Waals surface area contributed by atoms with Crippen LogP contribution in [0.4, 0.5) is 0 Å². The van der Waals surface area contributed by atoms with Crippen LogP contribution in [0.3, 0.4) is 0 Å². The van der Waals surface area contributed by atoms with Gasteiger partial charge in [-0.15, -0.1) is 0 Å². The summed E-state index contributed by atoms with van der Waals surface area (Å²) in [6, 6.07) is 0. The first kappa shape index (κ1) is 8.37. The summed E-state index contributed by atoms with van der Waals surface area (Å²) >= 11 is 0. The van der Waals surface area contributed by atoms with Crippen LogP contribution in [0.5, 0.6) is 0 Å². The van der Waals surface area contributed by atoms with Gasteiger partial charge in [0, 0.05) is 30.2 Å². The van der Waals surface area contributed by atoms with Crippen LogP contribution in [0.15, 0.2) is 0 Å². The highest BCUT2D eigenvalue weighted by Crippen LogP contribution is 2.44. The second-order valence-electron chi connectivity index (χ2n) is 1.29. The maximum atomic E-state index is 10.9. The first-order valence-electron chi connectivity index (χ1n) is 2.39. The summed E-state index contributed by atoms with van der Waals surface area (Å²) in [4.78, 5) is 0. The Labute approximate surface area is 52.3 Å². The molecular weight excluding hydrogens is 143 g/mol. The van der Waals surface area contributed by atoms with Crippen molar-refractivity contribution in [3.63, 3.8) is 0 Å². The van der Waals surface area contributed by atoms with Crippen LogP contribution in [0.2, 0.25) is 0 Å². The average molecular weight is 154 g/mol. The third-order valence-electron chi connectivity index (χ3n) is 0.944. The molecule has 0 amide bonds. The Balaban J connectivity index is 3.79. The Bertz CT molecular complexity index is 85.7. The lowest BCUT2D eigenvalue weighted by Gasteiger charge is -2.09. The van der Waals surface area contributed by atoms with Crippen molar-refractivity contribution in [3.05, 3.63) is 0 Å². The fourth-order valence-corrected chi connectivity index (χ4v) is 2.55. The predicted molar refractivity (Wildman–Crippen MR) is 36.4 cm³/mol. The van der Waals surface area contributed by atoms with Gasteiger partial charge < -0.3 is 9.05 Å². The summed E-state index contributed by atoms with van der Waals surface area (Å²) in [5.41, 5.74) is 0. The van der Waals surface area contributed by atoms with Gasteiger partial charge in [-0.25, -0.2) is 0 Å². The van der Waals surface area contributed by atoms with Crippen molar-refractivity contribution in [2.24, 2.45) is 0 Å². The quantitative estimate of drug-likeness (QED) is 0.417. The smallest absolute Gasteiger partial charge is 0.312 e. The molecule has 0 aliphatic carbocycles. The summed E-state index contributed by atoms with van der Waals surface area (Å²) in [6.45, 7) is 0. The number of hydrogen-bond donors (Lipinski definition) is 0. The molecule has 0 aliphatic rings. The summed E-state index contributed by atoms with van der Waals surface area (Å²) in [7, 11) is 1.06. The molecule has 0 aromatic rings. The van der Waals surface area contributed by atoms with Crippen molar-refractivity contribution in [2.75, 3.05) is 20.0 Å². The molecule has 0 aromatic heterocycles. The molecule has 0 aromatic carbocycles. The van der Waals surface area contributed by atoms with E-state index in [0.717, 1.165) is 10.2 Å².